The summed E-state index contributed by atoms with van der Waals surface area (Å²) in [6.07, 6.45) is 1.53. The number of aliphatic hydroxyl groups is 1. The second kappa shape index (κ2) is 11.6. The highest BCUT2D eigenvalue weighted by Gasteiger charge is 2.47. The molecule has 1 saturated heterocycles. The number of carbonyl (C=O) groups excluding carboxylic acids is 3. The fourth-order valence-electron chi connectivity index (χ4n) is 4.19. The molecule has 190 valence electrons. The summed E-state index contributed by atoms with van der Waals surface area (Å²) in [5.41, 5.74) is 1.78. The molecule has 1 amide bonds. The fourth-order valence-corrected chi connectivity index (χ4v) is 4.19. The van der Waals surface area contributed by atoms with Gasteiger partial charge in [0.25, 0.3) is 11.7 Å². The van der Waals surface area contributed by atoms with Gasteiger partial charge in [-0.3, -0.25) is 14.5 Å². The highest BCUT2D eigenvalue weighted by Crippen LogP contribution is 2.42. The highest BCUT2D eigenvalue weighted by atomic mass is 16.5. The Morgan fingerprint density at radius 2 is 1.57 bits per heavy atom. The maximum absolute atomic E-state index is 13.3. The van der Waals surface area contributed by atoms with E-state index >= 15 is 0 Å². The summed E-state index contributed by atoms with van der Waals surface area (Å²) in [5.74, 6) is -1.74. The van der Waals surface area contributed by atoms with E-state index in [-0.39, 0.29) is 11.3 Å². The van der Waals surface area contributed by atoms with Crippen LogP contribution in [0.5, 0.6) is 5.75 Å². The van der Waals surface area contributed by atoms with Gasteiger partial charge in [-0.05, 0) is 54.8 Å². The third-order valence-electron chi connectivity index (χ3n) is 5.96. The zero-order chi connectivity index (χ0) is 26.4. The van der Waals surface area contributed by atoms with Gasteiger partial charge in [0, 0.05) is 11.3 Å². The van der Waals surface area contributed by atoms with Crippen molar-refractivity contribution in [2.24, 2.45) is 0 Å². The van der Waals surface area contributed by atoms with E-state index in [1.165, 1.54) is 4.90 Å². The first kappa shape index (κ1) is 25.7. The van der Waals surface area contributed by atoms with Gasteiger partial charge in [-0.2, -0.15) is 0 Å². The lowest BCUT2D eigenvalue weighted by Crippen LogP contribution is -2.29. The molecule has 1 heterocycles. The number of hydrogen-bond donors (Lipinski definition) is 1. The Bertz CT molecular complexity index is 1310. The van der Waals surface area contributed by atoms with Crippen LogP contribution in [-0.4, -0.2) is 36.0 Å². The molecule has 1 unspecified atom stereocenters. The molecule has 4 rings (SSSR count). The van der Waals surface area contributed by atoms with Crippen LogP contribution >= 0.6 is 0 Å². The average molecular weight is 500 g/mol. The molecular formula is C30H29NO6. The number of esters is 1. The van der Waals surface area contributed by atoms with E-state index < -0.39 is 23.7 Å². The summed E-state index contributed by atoms with van der Waals surface area (Å²) < 4.78 is 10.9. The van der Waals surface area contributed by atoms with Crippen molar-refractivity contribution >= 4 is 29.1 Å². The van der Waals surface area contributed by atoms with Crippen molar-refractivity contribution in [3.05, 3.63) is 101 Å². The van der Waals surface area contributed by atoms with Gasteiger partial charge in [0.05, 0.1) is 30.4 Å². The van der Waals surface area contributed by atoms with Gasteiger partial charge in [-0.15, -0.1) is 0 Å². The summed E-state index contributed by atoms with van der Waals surface area (Å²) in [4.78, 5) is 40.2. The number of hydrogen-bond acceptors (Lipinski definition) is 6. The molecule has 7 heteroatoms. The van der Waals surface area contributed by atoms with E-state index in [0.29, 0.717) is 47.8 Å². The standard InChI is InChI=1S/C30H29NO6/c1-3-17-36-24-12-8-11-22(19-24)27(32)25-26(20-9-6-5-7-10-20)31(29(34)28(25)33)23-15-13-21(14-16-23)30(35)37-18-4-2/h5-16,19,26,32H,3-4,17-18H2,1-2H3/b27-25+. The van der Waals surface area contributed by atoms with Gasteiger partial charge in [-0.1, -0.05) is 56.3 Å². The predicted octanol–water partition coefficient (Wildman–Crippen LogP) is 5.67. The molecular weight excluding hydrogens is 470 g/mol. The van der Waals surface area contributed by atoms with Crippen LogP contribution in [0.15, 0.2) is 84.4 Å². The minimum atomic E-state index is -0.862. The van der Waals surface area contributed by atoms with E-state index in [0.717, 1.165) is 6.42 Å². The number of ketones is 1. The minimum absolute atomic E-state index is 0.0183. The monoisotopic (exact) mass is 499 g/mol. The SMILES string of the molecule is CCCOC(=O)c1ccc(N2C(=O)C(=O)/C(=C(/O)c3cccc(OCCC)c3)C2c2ccccc2)cc1. The van der Waals surface area contributed by atoms with E-state index in [9.17, 15) is 19.5 Å². The molecule has 1 fully saturated rings. The van der Waals surface area contributed by atoms with Crippen LogP contribution in [0.4, 0.5) is 5.69 Å². The van der Waals surface area contributed by atoms with Crippen LogP contribution in [0.25, 0.3) is 5.76 Å². The molecule has 0 spiro atoms. The van der Waals surface area contributed by atoms with Gasteiger partial charge in [0.2, 0.25) is 0 Å². The smallest absolute Gasteiger partial charge is 0.338 e. The van der Waals surface area contributed by atoms with Crippen LogP contribution < -0.4 is 9.64 Å². The Kier molecular flexibility index (Phi) is 8.03. The Morgan fingerprint density at radius 1 is 0.865 bits per heavy atom. The zero-order valence-electron chi connectivity index (χ0n) is 20.8. The van der Waals surface area contributed by atoms with E-state index in [1.54, 1.807) is 60.7 Å². The lowest BCUT2D eigenvalue weighted by Gasteiger charge is -2.25. The summed E-state index contributed by atoms with van der Waals surface area (Å²) in [7, 11) is 0. The maximum Gasteiger partial charge on any atom is 0.338 e. The number of benzene rings is 3. The Hall–Kier alpha value is -4.39. The molecule has 0 aromatic heterocycles. The van der Waals surface area contributed by atoms with Crippen molar-refractivity contribution in [1.82, 2.24) is 0 Å². The van der Waals surface area contributed by atoms with Crippen LogP contribution in [0.1, 0.15) is 54.2 Å². The first-order valence-corrected chi connectivity index (χ1v) is 12.3. The number of nitrogens with zero attached hydrogens (tertiary/aromatic N) is 1. The van der Waals surface area contributed by atoms with E-state index in [4.69, 9.17) is 9.47 Å². The molecule has 3 aromatic carbocycles. The Morgan fingerprint density at radius 3 is 2.24 bits per heavy atom. The number of amides is 1. The molecule has 1 aliphatic heterocycles. The number of aliphatic hydroxyl groups excluding tert-OH is 1. The van der Waals surface area contributed by atoms with Gasteiger partial charge >= 0.3 is 5.97 Å². The van der Waals surface area contributed by atoms with Crippen molar-refractivity contribution in [2.75, 3.05) is 18.1 Å². The predicted molar refractivity (Wildman–Crippen MR) is 140 cm³/mol. The molecule has 0 bridgehead atoms. The van der Waals surface area contributed by atoms with Gasteiger partial charge in [0.1, 0.15) is 11.5 Å². The number of Topliss-reactive ketones (excluding diaryl/α,β-unsaturated/α-hetero) is 1. The lowest BCUT2D eigenvalue weighted by molar-refractivity contribution is -0.132. The number of anilines is 1. The number of carbonyl (C=O) groups is 3. The lowest BCUT2D eigenvalue weighted by atomic mass is 9.95. The molecule has 1 atom stereocenters. The van der Waals surface area contributed by atoms with Crippen molar-refractivity contribution in [1.29, 1.82) is 0 Å². The molecule has 1 aliphatic rings. The van der Waals surface area contributed by atoms with Crippen molar-refractivity contribution in [3.8, 4) is 5.75 Å². The zero-order valence-corrected chi connectivity index (χ0v) is 20.8. The quantitative estimate of drug-likeness (QED) is 0.177. The highest BCUT2D eigenvalue weighted by molar-refractivity contribution is 6.51. The normalized spacial score (nSPS) is 16.6. The molecule has 7 nitrogen and oxygen atoms in total. The molecule has 37 heavy (non-hydrogen) atoms. The van der Waals surface area contributed by atoms with Gasteiger partial charge < -0.3 is 14.6 Å². The molecule has 0 aliphatic carbocycles. The van der Waals surface area contributed by atoms with Crippen molar-refractivity contribution in [2.45, 2.75) is 32.7 Å². The maximum atomic E-state index is 13.3. The van der Waals surface area contributed by atoms with E-state index in [1.807, 2.05) is 32.0 Å². The first-order chi connectivity index (χ1) is 18.0. The fraction of sp³-hybridized carbons (Fsp3) is 0.233. The van der Waals surface area contributed by atoms with Crippen molar-refractivity contribution < 1.29 is 29.0 Å². The van der Waals surface area contributed by atoms with Gasteiger partial charge in [0.15, 0.2) is 0 Å². The van der Waals surface area contributed by atoms with Crippen LogP contribution in [0.3, 0.4) is 0 Å². The Labute approximate surface area is 215 Å². The molecule has 1 N–H and O–H groups in total. The van der Waals surface area contributed by atoms with Crippen LogP contribution in [0.2, 0.25) is 0 Å². The van der Waals surface area contributed by atoms with Gasteiger partial charge in [-0.25, -0.2) is 4.79 Å². The topological polar surface area (TPSA) is 93.1 Å². The second-order valence-electron chi connectivity index (χ2n) is 8.64. The molecule has 0 radical (unpaired) electrons. The first-order valence-electron chi connectivity index (χ1n) is 12.3. The Balaban J connectivity index is 1.78. The average Bonchev–Trinajstić information content (AvgIpc) is 3.20. The van der Waals surface area contributed by atoms with E-state index in [2.05, 4.69) is 0 Å². The summed E-state index contributed by atoms with van der Waals surface area (Å²) >= 11 is 0. The number of ether oxygens (including phenoxy) is 2. The van der Waals surface area contributed by atoms with Crippen molar-refractivity contribution in [3.63, 3.8) is 0 Å². The third kappa shape index (κ3) is 5.40. The summed E-state index contributed by atoms with van der Waals surface area (Å²) in [6, 6.07) is 21.3. The summed E-state index contributed by atoms with van der Waals surface area (Å²) in [5, 5.41) is 11.3. The molecule has 3 aromatic rings. The third-order valence-corrected chi connectivity index (χ3v) is 5.96. The van der Waals surface area contributed by atoms with Crippen LogP contribution in [-0.2, 0) is 14.3 Å². The number of rotatable bonds is 9. The largest absolute Gasteiger partial charge is 0.507 e. The second-order valence-corrected chi connectivity index (χ2v) is 8.64. The van der Waals surface area contributed by atoms with Crippen LogP contribution in [0, 0.1) is 0 Å². The summed E-state index contributed by atoms with van der Waals surface area (Å²) in [6.45, 7) is 4.73. The minimum Gasteiger partial charge on any atom is -0.507 e. The molecule has 0 saturated carbocycles.